The minimum absolute atomic E-state index is 0.144. The maximum absolute atomic E-state index is 12.7. The second kappa shape index (κ2) is 9.82. The van der Waals surface area contributed by atoms with Gasteiger partial charge in [0.15, 0.2) is 15.6 Å². The molecule has 1 atom stereocenters. The summed E-state index contributed by atoms with van der Waals surface area (Å²) in [6.07, 6.45) is 3.67. The summed E-state index contributed by atoms with van der Waals surface area (Å²) in [5.74, 6) is -0.295. The van der Waals surface area contributed by atoms with Gasteiger partial charge in [0.25, 0.3) is 0 Å². The molecule has 0 radical (unpaired) electrons. The van der Waals surface area contributed by atoms with Gasteiger partial charge < -0.3 is 0 Å². The number of azide groups is 1. The van der Waals surface area contributed by atoms with Gasteiger partial charge in [-0.25, -0.2) is 8.42 Å². The van der Waals surface area contributed by atoms with E-state index in [-0.39, 0.29) is 30.1 Å². The van der Waals surface area contributed by atoms with Crippen LogP contribution in [0.2, 0.25) is 0 Å². The topological polar surface area (TPSA) is 100.0 Å². The van der Waals surface area contributed by atoms with Crippen molar-refractivity contribution >= 4 is 15.6 Å². The molecule has 1 aromatic carbocycles. The van der Waals surface area contributed by atoms with E-state index in [0.29, 0.717) is 19.3 Å². The zero-order valence-corrected chi connectivity index (χ0v) is 13.8. The first-order chi connectivity index (χ1) is 11.0. The standard InChI is InChI=1S/C16H21N3O3S/c1-2-3-5-11-15(20)16(12-8-13-18-19-17)23(21,22)14-9-6-4-7-10-14/h2,4,6-7,9-10,16H,1,3,5,8,11-13H2. The zero-order valence-electron chi connectivity index (χ0n) is 13.0. The van der Waals surface area contributed by atoms with Crippen LogP contribution in [0.5, 0.6) is 0 Å². The van der Waals surface area contributed by atoms with Gasteiger partial charge in [-0.1, -0.05) is 29.4 Å². The van der Waals surface area contributed by atoms with E-state index in [9.17, 15) is 13.2 Å². The van der Waals surface area contributed by atoms with Crippen molar-refractivity contribution in [3.63, 3.8) is 0 Å². The zero-order chi connectivity index (χ0) is 17.1. The summed E-state index contributed by atoms with van der Waals surface area (Å²) in [5.41, 5.74) is 8.29. The number of hydrogen-bond donors (Lipinski definition) is 0. The van der Waals surface area contributed by atoms with Crippen LogP contribution < -0.4 is 0 Å². The lowest BCUT2D eigenvalue weighted by Gasteiger charge is -2.16. The number of carbonyl (C=O) groups excluding carboxylic acids is 1. The third kappa shape index (κ3) is 5.88. The van der Waals surface area contributed by atoms with Gasteiger partial charge in [-0.2, -0.15) is 0 Å². The van der Waals surface area contributed by atoms with Crippen LogP contribution in [0.3, 0.4) is 0 Å². The number of sulfone groups is 1. The summed E-state index contributed by atoms with van der Waals surface area (Å²) in [6.45, 7) is 3.77. The molecule has 0 spiro atoms. The molecule has 0 bridgehead atoms. The van der Waals surface area contributed by atoms with Crippen molar-refractivity contribution in [1.29, 1.82) is 0 Å². The van der Waals surface area contributed by atoms with Gasteiger partial charge in [-0.3, -0.25) is 4.79 Å². The number of hydrogen-bond acceptors (Lipinski definition) is 4. The normalized spacial score (nSPS) is 12.2. The molecular formula is C16H21N3O3S. The third-order valence-electron chi connectivity index (χ3n) is 3.42. The van der Waals surface area contributed by atoms with Crippen LogP contribution in [0.4, 0.5) is 0 Å². The first-order valence-corrected chi connectivity index (χ1v) is 9.02. The van der Waals surface area contributed by atoms with Gasteiger partial charge in [0.1, 0.15) is 5.25 Å². The molecule has 0 fully saturated rings. The quantitative estimate of drug-likeness (QED) is 0.202. The second-order valence-electron chi connectivity index (χ2n) is 5.09. The van der Waals surface area contributed by atoms with E-state index < -0.39 is 15.1 Å². The number of nitrogens with zero attached hydrogens (tertiary/aromatic N) is 3. The Hall–Kier alpha value is -2.11. The highest BCUT2D eigenvalue weighted by atomic mass is 32.2. The van der Waals surface area contributed by atoms with Crippen LogP contribution in [-0.4, -0.2) is 26.0 Å². The van der Waals surface area contributed by atoms with Crippen LogP contribution >= 0.6 is 0 Å². The molecular weight excluding hydrogens is 314 g/mol. The summed E-state index contributed by atoms with van der Waals surface area (Å²) < 4.78 is 25.5. The molecule has 1 aromatic rings. The molecule has 23 heavy (non-hydrogen) atoms. The van der Waals surface area contributed by atoms with Crippen molar-refractivity contribution in [2.75, 3.05) is 6.54 Å². The van der Waals surface area contributed by atoms with Gasteiger partial charge in [-0.05, 0) is 43.3 Å². The van der Waals surface area contributed by atoms with Crippen LogP contribution in [0.15, 0.2) is 53.0 Å². The molecule has 1 unspecified atom stereocenters. The van der Waals surface area contributed by atoms with Crippen molar-refractivity contribution in [1.82, 2.24) is 0 Å². The van der Waals surface area contributed by atoms with Gasteiger partial charge in [0, 0.05) is 17.9 Å². The van der Waals surface area contributed by atoms with Crippen LogP contribution in [0.1, 0.15) is 32.1 Å². The highest BCUT2D eigenvalue weighted by Gasteiger charge is 2.32. The molecule has 0 saturated heterocycles. The first-order valence-electron chi connectivity index (χ1n) is 7.47. The molecule has 0 aliphatic heterocycles. The summed E-state index contributed by atoms with van der Waals surface area (Å²) in [7, 11) is -3.73. The molecule has 6 nitrogen and oxygen atoms in total. The van der Waals surface area contributed by atoms with Crippen LogP contribution in [0, 0.1) is 0 Å². The Labute approximate surface area is 136 Å². The average Bonchev–Trinajstić information content (AvgIpc) is 2.55. The molecule has 0 amide bonds. The number of benzene rings is 1. The molecule has 1 rings (SSSR count). The predicted molar refractivity (Wildman–Crippen MR) is 89.7 cm³/mol. The molecule has 124 valence electrons. The van der Waals surface area contributed by atoms with E-state index in [1.54, 1.807) is 24.3 Å². The summed E-state index contributed by atoms with van der Waals surface area (Å²) in [6, 6.07) is 7.97. The number of unbranched alkanes of at least 4 members (excludes halogenated alkanes) is 1. The van der Waals surface area contributed by atoms with E-state index in [1.165, 1.54) is 12.1 Å². The highest BCUT2D eigenvalue weighted by molar-refractivity contribution is 7.92. The Morgan fingerprint density at radius 1 is 1.30 bits per heavy atom. The van der Waals surface area contributed by atoms with E-state index >= 15 is 0 Å². The summed E-state index contributed by atoms with van der Waals surface area (Å²) in [5, 5.41) is 2.30. The van der Waals surface area contributed by atoms with Crippen molar-refractivity contribution in [3.8, 4) is 0 Å². The average molecular weight is 335 g/mol. The Morgan fingerprint density at radius 2 is 2.00 bits per heavy atom. The fourth-order valence-electron chi connectivity index (χ4n) is 2.24. The number of allylic oxidation sites excluding steroid dienone is 1. The molecule has 0 heterocycles. The Bertz CT molecular complexity index is 665. The highest BCUT2D eigenvalue weighted by Crippen LogP contribution is 2.22. The van der Waals surface area contributed by atoms with Crippen molar-refractivity contribution in [3.05, 3.63) is 53.4 Å². The second-order valence-corrected chi connectivity index (χ2v) is 7.22. The monoisotopic (exact) mass is 335 g/mol. The molecule has 7 heteroatoms. The number of ketones is 1. The minimum Gasteiger partial charge on any atom is -0.298 e. The SMILES string of the molecule is C=CCCCC(=O)C(CCCN=[N+]=[N-])S(=O)(=O)c1ccccc1. The van der Waals surface area contributed by atoms with E-state index in [2.05, 4.69) is 16.6 Å². The Kier molecular flexibility index (Phi) is 8.08. The number of rotatable bonds is 11. The number of carbonyl (C=O) groups is 1. The maximum atomic E-state index is 12.7. The maximum Gasteiger partial charge on any atom is 0.188 e. The van der Waals surface area contributed by atoms with E-state index in [1.807, 2.05) is 0 Å². The largest absolute Gasteiger partial charge is 0.298 e. The first kappa shape index (κ1) is 18.9. The minimum atomic E-state index is -3.73. The lowest BCUT2D eigenvalue weighted by atomic mass is 10.1. The number of Topliss-reactive ketones (excluding diaryl/α,β-unsaturated/α-hetero) is 1. The predicted octanol–water partition coefficient (Wildman–Crippen LogP) is 3.84. The van der Waals surface area contributed by atoms with Crippen molar-refractivity contribution in [2.24, 2.45) is 5.11 Å². The van der Waals surface area contributed by atoms with E-state index in [0.717, 1.165) is 0 Å². The molecule has 0 aliphatic rings. The molecule has 0 N–H and O–H groups in total. The molecule has 0 aromatic heterocycles. The van der Waals surface area contributed by atoms with Gasteiger partial charge in [-0.15, -0.1) is 6.58 Å². The van der Waals surface area contributed by atoms with Gasteiger partial charge >= 0.3 is 0 Å². The van der Waals surface area contributed by atoms with Gasteiger partial charge in [0.05, 0.1) is 4.90 Å². The third-order valence-corrected chi connectivity index (χ3v) is 5.60. The smallest absolute Gasteiger partial charge is 0.188 e. The summed E-state index contributed by atoms with van der Waals surface area (Å²) >= 11 is 0. The molecule has 0 saturated carbocycles. The Balaban J connectivity index is 2.94. The molecule has 0 aliphatic carbocycles. The van der Waals surface area contributed by atoms with Crippen molar-refractivity contribution in [2.45, 2.75) is 42.2 Å². The van der Waals surface area contributed by atoms with Crippen molar-refractivity contribution < 1.29 is 13.2 Å². The lowest BCUT2D eigenvalue weighted by molar-refractivity contribution is -0.118. The fraction of sp³-hybridized carbons (Fsp3) is 0.438. The van der Waals surface area contributed by atoms with Gasteiger partial charge in [0.2, 0.25) is 0 Å². The fourth-order valence-corrected chi connectivity index (χ4v) is 4.04. The Morgan fingerprint density at radius 3 is 2.61 bits per heavy atom. The van der Waals surface area contributed by atoms with E-state index in [4.69, 9.17) is 5.53 Å². The summed E-state index contributed by atoms with van der Waals surface area (Å²) in [4.78, 5) is 15.2. The lowest BCUT2D eigenvalue weighted by Crippen LogP contribution is -2.30. The van der Waals surface area contributed by atoms with Crippen LogP contribution in [-0.2, 0) is 14.6 Å². The van der Waals surface area contributed by atoms with Crippen LogP contribution in [0.25, 0.3) is 10.4 Å².